The third-order valence-corrected chi connectivity index (χ3v) is 6.62. The third-order valence-electron chi connectivity index (χ3n) is 5.24. The SMILES string of the molecule is Cc1ccc(C)c(N(CC(=O)N(Cc2ccc(Cl)cc2)C(C)C(=O)NC(C)(C)C)S(C)(=O)=O)c1. The molecule has 34 heavy (non-hydrogen) atoms. The van der Waals surface area contributed by atoms with Crippen molar-refractivity contribution in [2.75, 3.05) is 17.1 Å². The van der Waals surface area contributed by atoms with Crippen molar-refractivity contribution in [1.82, 2.24) is 10.2 Å². The van der Waals surface area contributed by atoms with Gasteiger partial charge in [-0.05, 0) is 76.4 Å². The summed E-state index contributed by atoms with van der Waals surface area (Å²) in [7, 11) is -3.77. The summed E-state index contributed by atoms with van der Waals surface area (Å²) in [5.41, 5.74) is 2.32. The van der Waals surface area contributed by atoms with E-state index in [0.29, 0.717) is 10.7 Å². The Morgan fingerprint density at radius 3 is 2.18 bits per heavy atom. The molecule has 1 unspecified atom stereocenters. The monoisotopic (exact) mass is 507 g/mol. The van der Waals surface area contributed by atoms with Gasteiger partial charge >= 0.3 is 0 Å². The molecule has 0 spiro atoms. The van der Waals surface area contributed by atoms with E-state index < -0.39 is 34.1 Å². The van der Waals surface area contributed by atoms with Crippen LogP contribution in [0.3, 0.4) is 0 Å². The van der Waals surface area contributed by atoms with Gasteiger partial charge in [-0.3, -0.25) is 13.9 Å². The van der Waals surface area contributed by atoms with Gasteiger partial charge in [-0.15, -0.1) is 0 Å². The minimum absolute atomic E-state index is 0.124. The molecule has 0 aliphatic heterocycles. The highest BCUT2D eigenvalue weighted by Gasteiger charge is 2.31. The van der Waals surface area contributed by atoms with Crippen LogP contribution in [0.25, 0.3) is 0 Å². The Hall–Kier alpha value is -2.58. The van der Waals surface area contributed by atoms with Crippen molar-refractivity contribution in [3.8, 4) is 0 Å². The predicted octanol–water partition coefficient (Wildman–Crippen LogP) is 4.05. The lowest BCUT2D eigenvalue weighted by molar-refractivity contribution is -0.140. The number of nitrogens with zero attached hydrogens (tertiary/aromatic N) is 2. The number of halogens is 1. The number of carbonyl (C=O) groups excluding carboxylic acids is 2. The van der Waals surface area contributed by atoms with E-state index in [2.05, 4.69) is 5.32 Å². The molecule has 1 N–H and O–H groups in total. The summed E-state index contributed by atoms with van der Waals surface area (Å²) >= 11 is 5.99. The van der Waals surface area contributed by atoms with E-state index in [9.17, 15) is 18.0 Å². The number of hydrogen-bond donors (Lipinski definition) is 1. The molecule has 0 fully saturated rings. The fourth-order valence-corrected chi connectivity index (χ4v) is 4.45. The van der Waals surface area contributed by atoms with Crippen molar-refractivity contribution in [2.45, 2.75) is 59.7 Å². The number of hydrogen-bond acceptors (Lipinski definition) is 4. The molecule has 1 atom stereocenters. The third kappa shape index (κ3) is 7.74. The Labute approximate surface area is 208 Å². The van der Waals surface area contributed by atoms with E-state index in [1.165, 1.54) is 4.90 Å². The van der Waals surface area contributed by atoms with Crippen LogP contribution in [-0.4, -0.2) is 49.5 Å². The van der Waals surface area contributed by atoms with Crippen LogP contribution in [0.2, 0.25) is 5.02 Å². The molecule has 0 heterocycles. The van der Waals surface area contributed by atoms with Gasteiger partial charge in [0.05, 0.1) is 11.9 Å². The number of amides is 2. The molecule has 7 nitrogen and oxygen atoms in total. The molecule has 2 rings (SSSR count). The normalized spacial score (nSPS) is 12.7. The number of rotatable bonds is 8. The first-order valence-electron chi connectivity index (χ1n) is 11.0. The zero-order valence-corrected chi connectivity index (χ0v) is 22.4. The maximum absolute atomic E-state index is 13.6. The fourth-order valence-electron chi connectivity index (χ4n) is 3.43. The smallest absolute Gasteiger partial charge is 0.244 e. The van der Waals surface area contributed by atoms with Gasteiger partial charge < -0.3 is 10.2 Å². The molecule has 0 bridgehead atoms. The van der Waals surface area contributed by atoms with Crippen LogP contribution in [0.4, 0.5) is 5.69 Å². The minimum atomic E-state index is -3.77. The largest absolute Gasteiger partial charge is 0.350 e. The fraction of sp³-hybridized carbons (Fsp3) is 0.440. The standard InChI is InChI=1S/C25H34ClN3O4S/c1-17-8-9-18(2)22(14-17)29(34(7,32)33)16-23(30)28(15-20-10-12-21(26)13-11-20)19(3)24(31)27-25(4,5)6/h8-14,19H,15-16H2,1-7H3,(H,27,31). The van der Waals surface area contributed by atoms with Crippen LogP contribution < -0.4 is 9.62 Å². The number of aryl methyl sites for hydroxylation is 2. The second-order valence-corrected chi connectivity index (χ2v) is 12.0. The summed E-state index contributed by atoms with van der Waals surface area (Å²) < 4.78 is 26.5. The summed E-state index contributed by atoms with van der Waals surface area (Å²) in [4.78, 5) is 27.9. The zero-order valence-electron chi connectivity index (χ0n) is 20.8. The van der Waals surface area contributed by atoms with Crippen molar-refractivity contribution < 1.29 is 18.0 Å². The average molecular weight is 508 g/mol. The van der Waals surface area contributed by atoms with Gasteiger partial charge in [-0.1, -0.05) is 35.9 Å². The molecule has 0 aliphatic carbocycles. The van der Waals surface area contributed by atoms with Crippen molar-refractivity contribution in [3.05, 3.63) is 64.2 Å². The average Bonchev–Trinajstić information content (AvgIpc) is 2.70. The van der Waals surface area contributed by atoms with Gasteiger partial charge in [0.25, 0.3) is 0 Å². The molecule has 0 radical (unpaired) electrons. The summed E-state index contributed by atoms with van der Waals surface area (Å²) in [5, 5.41) is 3.45. The van der Waals surface area contributed by atoms with Crippen molar-refractivity contribution >= 4 is 39.1 Å². The van der Waals surface area contributed by atoms with Gasteiger partial charge in [0.15, 0.2) is 0 Å². The Kier molecular flexibility index (Phi) is 8.77. The molecule has 186 valence electrons. The van der Waals surface area contributed by atoms with E-state index in [1.807, 2.05) is 39.8 Å². The van der Waals surface area contributed by atoms with Crippen LogP contribution >= 0.6 is 11.6 Å². The van der Waals surface area contributed by atoms with Gasteiger partial charge in [0.1, 0.15) is 12.6 Å². The molecular weight excluding hydrogens is 474 g/mol. The summed E-state index contributed by atoms with van der Waals surface area (Å²) in [5.74, 6) is -0.815. The van der Waals surface area contributed by atoms with E-state index in [-0.39, 0.29) is 12.5 Å². The lowest BCUT2D eigenvalue weighted by Crippen LogP contribution is -2.54. The second kappa shape index (κ2) is 10.8. The Morgan fingerprint density at radius 2 is 1.65 bits per heavy atom. The maximum atomic E-state index is 13.6. The minimum Gasteiger partial charge on any atom is -0.350 e. The van der Waals surface area contributed by atoms with Gasteiger partial charge in [0.2, 0.25) is 21.8 Å². The highest BCUT2D eigenvalue weighted by molar-refractivity contribution is 7.92. The quantitative estimate of drug-likeness (QED) is 0.583. The van der Waals surface area contributed by atoms with Crippen LogP contribution in [0.15, 0.2) is 42.5 Å². The Morgan fingerprint density at radius 1 is 1.06 bits per heavy atom. The summed E-state index contributed by atoms with van der Waals surface area (Å²) in [6.45, 7) is 10.6. The zero-order chi connectivity index (χ0) is 25.8. The highest BCUT2D eigenvalue weighted by Crippen LogP contribution is 2.25. The van der Waals surface area contributed by atoms with Gasteiger partial charge in [-0.25, -0.2) is 8.42 Å². The molecule has 0 saturated carbocycles. The van der Waals surface area contributed by atoms with E-state index in [0.717, 1.165) is 27.3 Å². The molecule has 2 amide bonds. The molecule has 0 aromatic heterocycles. The molecule has 0 saturated heterocycles. The first-order valence-corrected chi connectivity index (χ1v) is 13.2. The molecule has 2 aromatic rings. The topological polar surface area (TPSA) is 86.8 Å². The molecule has 0 aliphatic rings. The van der Waals surface area contributed by atoms with Crippen LogP contribution in [0.1, 0.15) is 44.4 Å². The van der Waals surface area contributed by atoms with Gasteiger partial charge in [0, 0.05) is 17.1 Å². The highest BCUT2D eigenvalue weighted by atomic mass is 35.5. The Bertz CT molecular complexity index is 1140. The number of benzene rings is 2. The van der Waals surface area contributed by atoms with Crippen LogP contribution in [0, 0.1) is 13.8 Å². The number of anilines is 1. The molecule has 2 aromatic carbocycles. The number of nitrogens with one attached hydrogen (secondary N) is 1. The molecule has 9 heteroatoms. The predicted molar refractivity (Wildman–Crippen MR) is 137 cm³/mol. The van der Waals surface area contributed by atoms with E-state index in [4.69, 9.17) is 11.6 Å². The molecular formula is C25H34ClN3O4S. The van der Waals surface area contributed by atoms with Crippen molar-refractivity contribution in [1.29, 1.82) is 0 Å². The van der Waals surface area contributed by atoms with Gasteiger partial charge in [-0.2, -0.15) is 0 Å². The van der Waals surface area contributed by atoms with Crippen LogP contribution in [-0.2, 0) is 26.2 Å². The Balaban J connectivity index is 2.44. The first-order chi connectivity index (χ1) is 15.6. The van der Waals surface area contributed by atoms with Crippen molar-refractivity contribution in [2.24, 2.45) is 0 Å². The second-order valence-electron chi connectivity index (χ2n) is 9.62. The summed E-state index contributed by atoms with van der Waals surface area (Å²) in [6.07, 6.45) is 1.07. The van der Waals surface area contributed by atoms with Crippen molar-refractivity contribution in [3.63, 3.8) is 0 Å². The lowest BCUT2D eigenvalue weighted by atomic mass is 10.1. The number of carbonyl (C=O) groups is 2. The van der Waals surface area contributed by atoms with E-state index in [1.54, 1.807) is 44.2 Å². The number of sulfonamides is 1. The van der Waals surface area contributed by atoms with E-state index >= 15 is 0 Å². The first kappa shape index (κ1) is 27.7. The van der Waals surface area contributed by atoms with Crippen LogP contribution in [0.5, 0.6) is 0 Å². The summed E-state index contributed by atoms with van der Waals surface area (Å²) in [6, 6.07) is 11.6. The lowest BCUT2D eigenvalue weighted by Gasteiger charge is -2.33. The maximum Gasteiger partial charge on any atom is 0.244 e.